The monoisotopic (exact) mass is 188 g/mol. The summed E-state index contributed by atoms with van der Waals surface area (Å²) in [6.45, 7) is 9.28. The fourth-order valence-corrected chi connectivity index (χ4v) is 1.94. The molecule has 3 heteroatoms. The van der Waals surface area contributed by atoms with Gasteiger partial charge in [0.05, 0.1) is 0 Å². The predicted molar refractivity (Wildman–Crippen MR) is 56.5 cm³/mol. The Balaban J connectivity index is 2.30. The minimum atomic E-state index is 0.705. The SMILES string of the molecule is CC(C)N1CCCN(S)CCC1. The normalized spacial score (nSPS) is 24.0. The molecule has 0 unspecified atom stereocenters. The van der Waals surface area contributed by atoms with E-state index >= 15 is 0 Å². The lowest BCUT2D eigenvalue weighted by atomic mass is 10.2. The Kier molecular flexibility index (Phi) is 4.40. The molecule has 72 valence electrons. The van der Waals surface area contributed by atoms with Gasteiger partial charge in [-0.05, 0) is 39.8 Å². The summed E-state index contributed by atoms with van der Waals surface area (Å²) in [5, 5.41) is 0. The van der Waals surface area contributed by atoms with Gasteiger partial charge in [0.2, 0.25) is 0 Å². The van der Waals surface area contributed by atoms with Crippen LogP contribution in [0, 0.1) is 0 Å². The first-order valence-electron chi connectivity index (χ1n) is 4.88. The lowest BCUT2D eigenvalue weighted by molar-refractivity contribution is 0.191. The van der Waals surface area contributed by atoms with Crippen LogP contribution in [0.3, 0.4) is 0 Å². The van der Waals surface area contributed by atoms with Gasteiger partial charge in [0.1, 0.15) is 0 Å². The average Bonchev–Trinajstić information content (AvgIpc) is 1.95. The van der Waals surface area contributed by atoms with Crippen molar-refractivity contribution >= 4 is 12.8 Å². The molecule has 0 atom stereocenters. The van der Waals surface area contributed by atoms with Crippen LogP contribution in [0.15, 0.2) is 0 Å². The summed E-state index contributed by atoms with van der Waals surface area (Å²) in [5.74, 6) is 0. The van der Waals surface area contributed by atoms with Crippen LogP contribution >= 0.6 is 12.8 Å². The van der Waals surface area contributed by atoms with Crippen molar-refractivity contribution in [2.24, 2.45) is 0 Å². The smallest absolute Gasteiger partial charge is 0.00991 e. The lowest BCUT2D eigenvalue weighted by Gasteiger charge is -2.30. The van der Waals surface area contributed by atoms with E-state index in [1.807, 2.05) is 0 Å². The first-order valence-corrected chi connectivity index (χ1v) is 5.28. The quantitative estimate of drug-likeness (QED) is 0.625. The van der Waals surface area contributed by atoms with Gasteiger partial charge >= 0.3 is 0 Å². The Bertz CT molecular complexity index is 118. The fraction of sp³-hybridized carbons (Fsp3) is 1.00. The molecule has 1 heterocycles. The minimum absolute atomic E-state index is 0.705. The second kappa shape index (κ2) is 5.10. The zero-order chi connectivity index (χ0) is 8.97. The predicted octanol–water partition coefficient (Wildman–Crippen LogP) is 1.64. The lowest BCUT2D eigenvalue weighted by Crippen LogP contribution is -2.37. The number of nitrogens with zero attached hydrogens (tertiary/aromatic N) is 2. The number of thiol groups is 1. The van der Waals surface area contributed by atoms with Crippen molar-refractivity contribution in [3.05, 3.63) is 0 Å². The minimum Gasteiger partial charge on any atom is -0.301 e. The van der Waals surface area contributed by atoms with Gasteiger partial charge in [0, 0.05) is 19.1 Å². The Hall–Kier alpha value is 0.270. The van der Waals surface area contributed by atoms with Gasteiger partial charge in [-0.2, -0.15) is 0 Å². The van der Waals surface area contributed by atoms with Crippen LogP contribution in [-0.2, 0) is 0 Å². The van der Waals surface area contributed by atoms with Crippen molar-refractivity contribution in [1.29, 1.82) is 0 Å². The highest BCUT2D eigenvalue weighted by Gasteiger charge is 2.12. The van der Waals surface area contributed by atoms with E-state index in [0.717, 1.165) is 13.1 Å². The molecule has 1 fully saturated rings. The molecule has 0 N–H and O–H groups in total. The molecule has 0 amide bonds. The Morgan fingerprint density at radius 3 is 1.92 bits per heavy atom. The fourth-order valence-electron chi connectivity index (χ4n) is 1.65. The van der Waals surface area contributed by atoms with Crippen molar-refractivity contribution < 1.29 is 0 Å². The molecule has 0 aromatic carbocycles. The van der Waals surface area contributed by atoms with E-state index in [1.165, 1.54) is 25.9 Å². The van der Waals surface area contributed by atoms with Gasteiger partial charge in [-0.3, -0.25) is 4.31 Å². The molecule has 1 rings (SSSR count). The summed E-state index contributed by atoms with van der Waals surface area (Å²) >= 11 is 4.37. The zero-order valence-electron chi connectivity index (χ0n) is 8.16. The van der Waals surface area contributed by atoms with Crippen molar-refractivity contribution in [2.75, 3.05) is 26.2 Å². The highest BCUT2D eigenvalue weighted by Crippen LogP contribution is 2.08. The summed E-state index contributed by atoms with van der Waals surface area (Å²) in [5.41, 5.74) is 0. The summed E-state index contributed by atoms with van der Waals surface area (Å²) < 4.78 is 2.14. The summed E-state index contributed by atoms with van der Waals surface area (Å²) in [6, 6.07) is 0.705. The second-order valence-corrected chi connectivity index (χ2v) is 4.36. The molecule has 1 saturated heterocycles. The van der Waals surface area contributed by atoms with Crippen LogP contribution in [0.2, 0.25) is 0 Å². The van der Waals surface area contributed by atoms with Gasteiger partial charge < -0.3 is 4.90 Å². The molecule has 0 aromatic rings. The van der Waals surface area contributed by atoms with Gasteiger partial charge in [-0.1, -0.05) is 12.8 Å². The molecule has 0 aromatic heterocycles. The number of rotatable bonds is 1. The van der Waals surface area contributed by atoms with Crippen LogP contribution in [0.25, 0.3) is 0 Å². The molecule has 0 aliphatic carbocycles. The standard InChI is InChI=1S/C9H20N2S/c1-9(2)10-5-3-7-11(12)8-4-6-10/h9,12H,3-8H2,1-2H3. The van der Waals surface area contributed by atoms with Crippen molar-refractivity contribution in [3.63, 3.8) is 0 Å². The van der Waals surface area contributed by atoms with E-state index in [-0.39, 0.29) is 0 Å². The molecular formula is C9H20N2S. The number of hydrogen-bond acceptors (Lipinski definition) is 3. The van der Waals surface area contributed by atoms with E-state index in [4.69, 9.17) is 0 Å². The van der Waals surface area contributed by atoms with Crippen molar-refractivity contribution in [2.45, 2.75) is 32.7 Å². The maximum absolute atomic E-state index is 4.37. The zero-order valence-corrected chi connectivity index (χ0v) is 9.06. The van der Waals surface area contributed by atoms with Crippen LogP contribution in [-0.4, -0.2) is 41.4 Å². The van der Waals surface area contributed by atoms with E-state index < -0.39 is 0 Å². The molecule has 0 spiro atoms. The van der Waals surface area contributed by atoms with Gasteiger partial charge in [-0.25, -0.2) is 0 Å². The highest BCUT2D eigenvalue weighted by molar-refractivity contribution is 7.77. The Labute approximate surface area is 81.5 Å². The first-order chi connectivity index (χ1) is 5.70. The Morgan fingerprint density at radius 2 is 1.50 bits per heavy atom. The third-order valence-electron chi connectivity index (χ3n) is 2.45. The van der Waals surface area contributed by atoms with Crippen LogP contribution in [0.1, 0.15) is 26.7 Å². The highest BCUT2D eigenvalue weighted by atomic mass is 32.1. The van der Waals surface area contributed by atoms with Gasteiger partial charge in [-0.15, -0.1) is 0 Å². The summed E-state index contributed by atoms with van der Waals surface area (Å²) in [4.78, 5) is 2.56. The first kappa shape index (κ1) is 10.4. The van der Waals surface area contributed by atoms with Crippen LogP contribution < -0.4 is 0 Å². The Morgan fingerprint density at radius 1 is 1.00 bits per heavy atom. The van der Waals surface area contributed by atoms with Gasteiger partial charge in [0.15, 0.2) is 0 Å². The van der Waals surface area contributed by atoms with Crippen LogP contribution in [0.5, 0.6) is 0 Å². The molecule has 1 aliphatic rings. The second-order valence-electron chi connectivity index (χ2n) is 3.79. The average molecular weight is 188 g/mol. The summed E-state index contributed by atoms with van der Waals surface area (Å²) in [6.07, 6.45) is 2.50. The molecule has 0 saturated carbocycles. The van der Waals surface area contributed by atoms with Crippen LogP contribution in [0.4, 0.5) is 0 Å². The molecule has 1 aliphatic heterocycles. The maximum Gasteiger partial charge on any atom is 0.00991 e. The van der Waals surface area contributed by atoms with Crippen molar-refractivity contribution in [1.82, 2.24) is 9.21 Å². The molecule has 0 radical (unpaired) electrons. The molecule has 0 bridgehead atoms. The third kappa shape index (κ3) is 3.33. The molecule has 12 heavy (non-hydrogen) atoms. The van der Waals surface area contributed by atoms with E-state index in [2.05, 4.69) is 35.9 Å². The van der Waals surface area contributed by atoms with Crippen molar-refractivity contribution in [3.8, 4) is 0 Å². The van der Waals surface area contributed by atoms with E-state index in [0.29, 0.717) is 6.04 Å². The largest absolute Gasteiger partial charge is 0.301 e. The van der Waals surface area contributed by atoms with E-state index in [1.54, 1.807) is 0 Å². The molecular weight excluding hydrogens is 168 g/mol. The summed E-state index contributed by atoms with van der Waals surface area (Å²) in [7, 11) is 0. The number of hydrogen-bond donors (Lipinski definition) is 1. The third-order valence-corrected chi connectivity index (χ3v) is 2.85. The van der Waals surface area contributed by atoms with Gasteiger partial charge in [0.25, 0.3) is 0 Å². The van der Waals surface area contributed by atoms with E-state index in [9.17, 15) is 0 Å². The maximum atomic E-state index is 4.37. The molecule has 2 nitrogen and oxygen atoms in total. The topological polar surface area (TPSA) is 6.48 Å².